The molecular formula is C10H6Br3FN4O2S. The van der Waals surface area contributed by atoms with Crippen molar-refractivity contribution in [2.75, 3.05) is 10.5 Å². The van der Waals surface area contributed by atoms with E-state index in [1.54, 1.807) is 0 Å². The summed E-state index contributed by atoms with van der Waals surface area (Å²) in [4.78, 5) is 7.18. The summed E-state index contributed by atoms with van der Waals surface area (Å²) in [6.07, 6.45) is 1.30. The Morgan fingerprint density at radius 3 is 2.52 bits per heavy atom. The van der Waals surface area contributed by atoms with E-state index in [0.29, 0.717) is 4.60 Å². The van der Waals surface area contributed by atoms with E-state index < -0.39 is 20.7 Å². The SMILES string of the molecule is Nc1cc(Br)c(F)c(S(=O)(=O)Nc2ncc(Br)nc2Br)c1. The average Bonchev–Trinajstić information content (AvgIpc) is 2.37. The Bertz CT molecular complexity index is 816. The van der Waals surface area contributed by atoms with Crippen LogP contribution < -0.4 is 10.5 Å². The van der Waals surface area contributed by atoms with Gasteiger partial charge in [0.25, 0.3) is 10.0 Å². The lowest BCUT2D eigenvalue weighted by Gasteiger charge is -2.10. The smallest absolute Gasteiger partial charge is 0.266 e. The van der Waals surface area contributed by atoms with Gasteiger partial charge in [0.1, 0.15) is 9.50 Å². The maximum absolute atomic E-state index is 14.0. The molecule has 0 spiro atoms. The molecule has 0 radical (unpaired) electrons. The van der Waals surface area contributed by atoms with E-state index in [1.807, 2.05) is 0 Å². The van der Waals surface area contributed by atoms with Gasteiger partial charge in [-0.25, -0.2) is 22.8 Å². The van der Waals surface area contributed by atoms with Gasteiger partial charge in [-0.15, -0.1) is 0 Å². The summed E-state index contributed by atoms with van der Waals surface area (Å²) in [6, 6.07) is 2.28. The number of anilines is 2. The highest BCUT2D eigenvalue weighted by Gasteiger charge is 2.23. The predicted octanol–water partition coefficient (Wildman–Crippen LogP) is 3.29. The second-order valence-corrected chi connectivity index (χ2v) is 7.82. The monoisotopic (exact) mass is 502 g/mol. The van der Waals surface area contributed by atoms with Crippen molar-refractivity contribution < 1.29 is 12.8 Å². The van der Waals surface area contributed by atoms with Crippen molar-refractivity contribution in [2.24, 2.45) is 0 Å². The van der Waals surface area contributed by atoms with Crippen molar-refractivity contribution in [1.29, 1.82) is 0 Å². The van der Waals surface area contributed by atoms with Crippen LogP contribution in [-0.2, 0) is 10.0 Å². The highest BCUT2D eigenvalue weighted by atomic mass is 79.9. The zero-order valence-corrected chi connectivity index (χ0v) is 15.5. The number of benzene rings is 1. The third-order valence-electron chi connectivity index (χ3n) is 2.24. The molecule has 112 valence electrons. The number of hydrogen-bond acceptors (Lipinski definition) is 5. The molecule has 21 heavy (non-hydrogen) atoms. The van der Waals surface area contributed by atoms with Crippen molar-refractivity contribution in [3.05, 3.63) is 37.8 Å². The first kappa shape index (κ1) is 16.6. The minimum absolute atomic E-state index is 0.0520. The maximum atomic E-state index is 14.0. The normalized spacial score (nSPS) is 11.4. The van der Waals surface area contributed by atoms with Crippen molar-refractivity contribution in [3.63, 3.8) is 0 Å². The molecule has 0 saturated heterocycles. The number of nitrogen functional groups attached to an aromatic ring is 1. The van der Waals surface area contributed by atoms with Crippen LogP contribution in [0.5, 0.6) is 0 Å². The minimum atomic E-state index is -4.21. The van der Waals surface area contributed by atoms with Crippen LogP contribution in [0.15, 0.2) is 36.9 Å². The van der Waals surface area contributed by atoms with E-state index in [-0.39, 0.29) is 20.6 Å². The maximum Gasteiger partial charge on any atom is 0.266 e. The molecule has 0 aliphatic rings. The summed E-state index contributed by atoms with van der Waals surface area (Å²) < 4.78 is 41.1. The van der Waals surface area contributed by atoms with Gasteiger partial charge in [-0.3, -0.25) is 4.72 Å². The third-order valence-corrected chi connectivity index (χ3v) is 5.09. The van der Waals surface area contributed by atoms with Crippen LogP contribution in [0.1, 0.15) is 0 Å². The topological polar surface area (TPSA) is 98.0 Å². The van der Waals surface area contributed by atoms with E-state index in [0.717, 1.165) is 6.07 Å². The van der Waals surface area contributed by atoms with Crippen LogP contribution in [0.25, 0.3) is 0 Å². The molecule has 0 amide bonds. The van der Waals surface area contributed by atoms with Crippen LogP contribution in [0, 0.1) is 5.82 Å². The molecule has 6 nitrogen and oxygen atoms in total. The lowest BCUT2D eigenvalue weighted by molar-refractivity contribution is 0.566. The number of nitrogens with one attached hydrogen (secondary N) is 1. The predicted molar refractivity (Wildman–Crippen MR) is 86.8 cm³/mol. The molecule has 3 N–H and O–H groups in total. The fourth-order valence-corrected chi connectivity index (χ4v) is 4.18. The Morgan fingerprint density at radius 1 is 1.24 bits per heavy atom. The Labute approximate surface area is 144 Å². The summed E-state index contributed by atoms with van der Waals surface area (Å²) in [5, 5.41) is 0. The summed E-state index contributed by atoms with van der Waals surface area (Å²) in [5.74, 6) is -1.02. The molecule has 0 unspecified atom stereocenters. The van der Waals surface area contributed by atoms with E-state index in [2.05, 4.69) is 62.5 Å². The number of nitrogens with zero attached hydrogens (tertiary/aromatic N) is 2. The third kappa shape index (κ3) is 3.71. The fraction of sp³-hybridized carbons (Fsp3) is 0. The second kappa shape index (κ2) is 6.15. The number of rotatable bonds is 3. The summed E-state index contributed by atoms with van der Waals surface area (Å²) in [5.41, 5.74) is 5.64. The zero-order chi connectivity index (χ0) is 15.8. The first-order chi connectivity index (χ1) is 9.70. The Balaban J connectivity index is 2.48. The lowest BCUT2D eigenvalue weighted by Crippen LogP contribution is -2.17. The Morgan fingerprint density at radius 2 is 1.90 bits per heavy atom. The van der Waals surface area contributed by atoms with Gasteiger partial charge in [-0.05, 0) is 59.9 Å². The van der Waals surface area contributed by atoms with E-state index in [1.165, 1.54) is 12.3 Å². The van der Waals surface area contributed by atoms with Crippen molar-refractivity contribution in [3.8, 4) is 0 Å². The van der Waals surface area contributed by atoms with Crippen molar-refractivity contribution in [2.45, 2.75) is 4.90 Å². The molecule has 0 bridgehead atoms. The molecule has 0 atom stereocenters. The van der Waals surface area contributed by atoms with Crippen LogP contribution >= 0.6 is 47.8 Å². The fourth-order valence-electron chi connectivity index (χ4n) is 1.38. The van der Waals surface area contributed by atoms with Crippen LogP contribution in [0.4, 0.5) is 15.9 Å². The number of halogens is 4. The van der Waals surface area contributed by atoms with Gasteiger partial charge in [0.15, 0.2) is 16.2 Å². The lowest BCUT2D eigenvalue weighted by atomic mass is 10.3. The molecule has 0 aliphatic heterocycles. The highest BCUT2D eigenvalue weighted by Crippen LogP contribution is 2.28. The molecule has 0 fully saturated rings. The van der Waals surface area contributed by atoms with Gasteiger partial charge in [-0.1, -0.05) is 0 Å². The number of sulfonamides is 1. The van der Waals surface area contributed by atoms with Crippen molar-refractivity contribution in [1.82, 2.24) is 9.97 Å². The summed E-state index contributed by atoms with van der Waals surface area (Å²) in [6.45, 7) is 0. The molecule has 0 saturated carbocycles. The van der Waals surface area contributed by atoms with E-state index in [4.69, 9.17) is 5.73 Å². The minimum Gasteiger partial charge on any atom is -0.399 e. The summed E-state index contributed by atoms with van der Waals surface area (Å²) in [7, 11) is -4.21. The molecule has 1 aromatic heterocycles. The quantitative estimate of drug-likeness (QED) is 0.625. The first-order valence-electron chi connectivity index (χ1n) is 5.16. The van der Waals surface area contributed by atoms with Gasteiger partial charge >= 0.3 is 0 Å². The average molecular weight is 505 g/mol. The number of nitrogens with two attached hydrogens (primary N) is 1. The highest BCUT2D eigenvalue weighted by molar-refractivity contribution is 9.11. The van der Waals surface area contributed by atoms with E-state index in [9.17, 15) is 12.8 Å². The standard InChI is InChI=1S/C10H6Br3FN4O2S/c11-5-1-4(15)2-6(8(5)14)21(19,20)18-10-9(13)17-7(12)3-16-10/h1-3H,15H2,(H,16,18). The molecular weight excluding hydrogens is 499 g/mol. The van der Waals surface area contributed by atoms with Gasteiger partial charge < -0.3 is 5.73 Å². The van der Waals surface area contributed by atoms with Gasteiger partial charge in [0, 0.05) is 5.69 Å². The molecule has 2 rings (SSSR count). The Kier molecular flexibility index (Phi) is 4.85. The number of aromatic nitrogens is 2. The van der Waals surface area contributed by atoms with Gasteiger partial charge in [0.05, 0.1) is 10.7 Å². The van der Waals surface area contributed by atoms with Gasteiger partial charge in [-0.2, -0.15) is 0 Å². The number of hydrogen-bond donors (Lipinski definition) is 2. The molecule has 2 aromatic rings. The molecule has 1 aromatic carbocycles. The van der Waals surface area contributed by atoms with E-state index >= 15 is 0 Å². The van der Waals surface area contributed by atoms with Gasteiger partial charge in [0.2, 0.25) is 0 Å². The second-order valence-electron chi connectivity index (χ2n) is 3.75. The first-order valence-corrected chi connectivity index (χ1v) is 9.02. The summed E-state index contributed by atoms with van der Waals surface area (Å²) >= 11 is 9.06. The molecule has 1 heterocycles. The zero-order valence-electron chi connectivity index (χ0n) is 9.94. The Hall–Kier alpha value is -0.780. The van der Waals surface area contributed by atoms with Crippen molar-refractivity contribution >= 4 is 69.3 Å². The largest absolute Gasteiger partial charge is 0.399 e. The van der Waals surface area contributed by atoms with Crippen LogP contribution in [-0.4, -0.2) is 18.4 Å². The van der Waals surface area contributed by atoms with Crippen LogP contribution in [0.3, 0.4) is 0 Å². The molecule has 11 heteroatoms. The van der Waals surface area contributed by atoms with Crippen LogP contribution in [0.2, 0.25) is 0 Å². The molecule has 0 aliphatic carbocycles.